The molecule has 0 bridgehead atoms. The first-order valence-corrected chi connectivity index (χ1v) is 9.92. The highest BCUT2D eigenvalue weighted by molar-refractivity contribution is 5.85. The number of benzene rings is 1. The molecule has 2 heterocycles. The van der Waals surface area contributed by atoms with Crippen molar-refractivity contribution in [1.82, 2.24) is 10.2 Å². The maximum atomic E-state index is 12.3. The van der Waals surface area contributed by atoms with Gasteiger partial charge in [-0.2, -0.15) is 0 Å². The average molecular weight is 344 g/mol. The minimum Gasteiger partial charge on any atom is -0.369 e. The Kier molecular flexibility index (Phi) is 5.67. The molecule has 1 amide bonds. The lowest BCUT2D eigenvalue weighted by molar-refractivity contribution is -0.128. The zero-order chi connectivity index (χ0) is 17.9. The van der Waals surface area contributed by atoms with Crippen molar-refractivity contribution >= 4 is 11.6 Å². The summed E-state index contributed by atoms with van der Waals surface area (Å²) < 4.78 is 0. The molecule has 2 saturated heterocycles. The number of nitrogens with zero attached hydrogens (tertiary/aromatic N) is 2. The SMILES string of the molecule is CCC1(CC)C[C@H](CCN2CCN(c3ccccc3C)CC2)NC1=O. The van der Waals surface area contributed by atoms with Gasteiger partial charge in [0.1, 0.15) is 0 Å². The summed E-state index contributed by atoms with van der Waals surface area (Å²) in [6.45, 7) is 12.0. The molecular weight excluding hydrogens is 310 g/mol. The van der Waals surface area contributed by atoms with Crippen LogP contribution < -0.4 is 10.2 Å². The van der Waals surface area contributed by atoms with Crippen molar-refractivity contribution in [2.75, 3.05) is 37.6 Å². The van der Waals surface area contributed by atoms with Crippen LogP contribution in [0.25, 0.3) is 0 Å². The number of rotatable bonds is 6. The Bertz CT molecular complexity index is 589. The van der Waals surface area contributed by atoms with E-state index in [0.717, 1.165) is 58.4 Å². The molecule has 1 atom stereocenters. The molecule has 1 aromatic rings. The highest BCUT2D eigenvalue weighted by Gasteiger charge is 2.43. The number of carbonyl (C=O) groups is 1. The van der Waals surface area contributed by atoms with Crippen LogP contribution in [0.2, 0.25) is 0 Å². The minimum atomic E-state index is -0.103. The molecule has 25 heavy (non-hydrogen) atoms. The summed E-state index contributed by atoms with van der Waals surface area (Å²) in [5.74, 6) is 0.284. The van der Waals surface area contributed by atoms with Crippen LogP contribution >= 0.6 is 0 Å². The summed E-state index contributed by atoms with van der Waals surface area (Å²) in [4.78, 5) is 17.4. The van der Waals surface area contributed by atoms with E-state index in [9.17, 15) is 4.79 Å². The van der Waals surface area contributed by atoms with E-state index in [1.54, 1.807) is 0 Å². The Morgan fingerprint density at radius 1 is 1.12 bits per heavy atom. The maximum Gasteiger partial charge on any atom is 0.226 e. The lowest BCUT2D eigenvalue weighted by Crippen LogP contribution is -2.47. The monoisotopic (exact) mass is 343 g/mol. The third kappa shape index (κ3) is 3.84. The molecule has 3 rings (SSSR count). The van der Waals surface area contributed by atoms with Crippen molar-refractivity contribution in [3.05, 3.63) is 29.8 Å². The van der Waals surface area contributed by atoms with Crippen LogP contribution in [0, 0.1) is 12.3 Å². The normalized spacial score (nSPS) is 23.7. The summed E-state index contributed by atoms with van der Waals surface area (Å²) in [7, 11) is 0. The van der Waals surface area contributed by atoms with Crippen LogP contribution in [0.3, 0.4) is 0 Å². The van der Waals surface area contributed by atoms with E-state index in [1.807, 2.05) is 0 Å². The Morgan fingerprint density at radius 2 is 1.80 bits per heavy atom. The number of hydrogen-bond donors (Lipinski definition) is 1. The van der Waals surface area contributed by atoms with Crippen LogP contribution in [0.5, 0.6) is 0 Å². The van der Waals surface area contributed by atoms with Crippen molar-refractivity contribution in [3.63, 3.8) is 0 Å². The first kappa shape index (κ1) is 18.2. The van der Waals surface area contributed by atoms with Crippen LogP contribution in [-0.2, 0) is 4.79 Å². The first-order chi connectivity index (χ1) is 12.1. The van der Waals surface area contributed by atoms with Gasteiger partial charge in [-0.15, -0.1) is 0 Å². The van der Waals surface area contributed by atoms with E-state index in [0.29, 0.717) is 6.04 Å². The van der Waals surface area contributed by atoms with Gasteiger partial charge >= 0.3 is 0 Å². The molecule has 4 nitrogen and oxygen atoms in total. The fourth-order valence-electron chi connectivity index (χ4n) is 4.46. The van der Waals surface area contributed by atoms with Crippen LogP contribution in [0.4, 0.5) is 5.69 Å². The number of carbonyl (C=O) groups excluding carboxylic acids is 1. The molecule has 4 heteroatoms. The fourth-order valence-corrected chi connectivity index (χ4v) is 4.46. The number of hydrogen-bond acceptors (Lipinski definition) is 3. The molecule has 0 radical (unpaired) electrons. The molecule has 1 N–H and O–H groups in total. The van der Waals surface area contributed by atoms with Gasteiger partial charge in [-0.25, -0.2) is 0 Å². The Morgan fingerprint density at radius 3 is 2.40 bits per heavy atom. The minimum absolute atomic E-state index is 0.103. The molecular formula is C21H33N3O. The molecule has 0 aromatic heterocycles. The third-order valence-corrected chi connectivity index (χ3v) is 6.43. The van der Waals surface area contributed by atoms with Gasteiger partial charge in [0.15, 0.2) is 0 Å². The second-order valence-electron chi connectivity index (χ2n) is 7.77. The lowest BCUT2D eigenvalue weighted by Gasteiger charge is -2.37. The predicted molar refractivity (Wildman–Crippen MR) is 104 cm³/mol. The highest BCUT2D eigenvalue weighted by atomic mass is 16.2. The molecule has 0 spiro atoms. The van der Waals surface area contributed by atoms with E-state index in [4.69, 9.17) is 0 Å². The topological polar surface area (TPSA) is 35.6 Å². The molecule has 0 aliphatic carbocycles. The summed E-state index contributed by atoms with van der Waals surface area (Å²) in [5.41, 5.74) is 2.63. The summed E-state index contributed by atoms with van der Waals surface area (Å²) in [5, 5.41) is 3.25. The second-order valence-corrected chi connectivity index (χ2v) is 7.77. The molecule has 1 aromatic carbocycles. The highest BCUT2D eigenvalue weighted by Crippen LogP contribution is 2.37. The van der Waals surface area contributed by atoms with Crippen LogP contribution in [-0.4, -0.2) is 49.6 Å². The van der Waals surface area contributed by atoms with Crippen molar-refractivity contribution in [3.8, 4) is 0 Å². The Balaban J connectivity index is 1.46. The van der Waals surface area contributed by atoms with Gasteiger partial charge < -0.3 is 10.2 Å². The largest absolute Gasteiger partial charge is 0.369 e. The lowest BCUT2D eigenvalue weighted by atomic mass is 9.79. The van der Waals surface area contributed by atoms with Gasteiger partial charge in [-0.05, 0) is 44.2 Å². The number of nitrogens with one attached hydrogen (secondary N) is 1. The zero-order valence-corrected chi connectivity index (χ0v) is 16.1. The van der Waals surface area contributed by atoms with Gasteiger partial charge in [-0.1, -0.05) is 32.0 Å². The molecule has 138 valence electrons. The number of anilines is 1. The fraction of sp³-hybridized carbons (Fsp3) is 0.667. The van der Waals surface area contributed by atoms with E-state index < -0.39 is 0 Å². The summed E-state index contributed by atoms with van der Waals surface area (Å²) in [6.07, 6.45) is 4.02. The molecule has 0 saturated carbocycles. The number of aryl methyl sites for hydroxylation is 1. The quantitative estimate of drug-likeness (QED) is 0.861. The van der Waals surface area contributed by atoms with E-state index in [-0.39, 0.29) is 11.3 Å². The standard InChI is InChI=1S/C21H33N3O/c1-4-21(5-2)16-18(22-20(21)25)10-11-23-12-14-24(15-13-23)19-9-7-6-8-17(19)3/h6-9,18H,4-5,10-16H2,1-3H3,(H,22,25)/t18-/m0/s1. The van der Waals surface area contributed by atoms with Crippen molar-refractivity contribution < 1.29 is 4.79 Å². The van der Waals surface area contributed by atoms with Crippen molar-refractivity contribution in [2.45, 2.75) is 52.5 Å². The third-order valence-electron chi connectivity index (χ3n) is 6.43. The van der Waals surface area contributed by atoms with Gasteiger partial charge in [0.05, 0.1) is 5.41 Å². The first-order valence-electron chi connectivity index (χ1n) is 9.92. The van der Waals surface area contributed by atoms with E-state index in [1.165, 1.54) is 11.3 Å². The van der Waals surface area contributed by atoms with Crippen LogP contribution in [0.1, 0.15) is 45.1 Å². The number of para-hydroxylation sites is 1. The summed E-state index contributed by atoms with van der Waals surface area (Å²) in [6, 6.07) is 9.02. The second kappa shape index (κ2) is 7.77. The molecule has 2 aliphatic rings. The van der Waals surface area contributed by atoms with Gasteiger partial charge in [0.25, 0.3) is 0 Å². The smallest absolute Gasteiger partial charge is 0.226 e. The van der Waals surface area contributed by atoms with Gasteiger partial charge in [0, 0.05) is 44.5 Å². The Hall–Kier alpha value is -1.55. The molecule has 0 unspecified atom stereocenters. The Labute approximate surface area is 152 Å². The van der Waals surface area contributed by atoms with E-state index in [2.05, 4.69) is 60.2 Å². The predicted octanol–water partition coefficient (Wildman–Crippen LogP) is 3.20. The zero-order valence-electron chi connectivity index (χ0n) is 16.1. The number of piperazine rings is 1. The van der Waals surface area contributed by atoms with Crippen molar-refractivity contribution in [1.29, 1.82) is 0 Å². The van der Waals surface area contributed by atoms with Crippen LogP contribution in [0.15, 0.2) is 24.3 Å². The van der Waals surface area contributed by atoms with E-state index >= 15 is 0 Å². The van der Waals surface area contributed by atoms with Crippen molar-refractivity contribution in [2.24, 2.45) is 5.41 Å². The maximum absolute atomic E-state index is 12.3. The average Bonchev–Trinajstić information content (AvgIpc) is 2.97. The summed E-state index contributed by atoms with van der Waals surface area (Å²) >= 11 is 0. The van der Waals surface area contributed by atoms with Gasteiger partial charge in [0.2, 0.25) is 5.91 Å². The number of amides is 1. The molecule has 2 fully saturated rings. The molecule has 2 aliphatic heterocycles. The van der Waals surface area contributed by atoms with Gasteiger partial charge in [-0.3, -0.25) is 9.69 Å².